The lowest BCUT2D eigenvalue weighted by atomic mass is 10.1. The van der Waals surface area contributed by atoms with E-state index in [2.05, 4.69) is 19.1 Å². The van der Waals surface area contributed by atoms with Gasteiger partial charge in [-0.25, -0.2) is 0 Å². The SMILES string of the molecule is CCCCCCCCCCCCC=CCCCCCCCC(=O)OCC. The van der Waals surface area contributed by atoms with E-state index in [4.69, 9.17) is 4.74 Å². The van der Waals surface area contributed by atoms with Crippen molar-refractivity contribution in [1.29, 1.82) is 0 Å². The third kappa shape index (κ3) is 21.3. The summed E-state index contributed by atoms with van der Waals surface area (Å²) >= 11 is 0. The summed E-state index contributed by atoms with van der Waals surface area (Å²) in [4.78, 5) is 11.2. The molecule has 2 heteroatoms. The van der Waals surface area contributed by atoms with Crippen molar-refractivity contribution in [3.63, 3.8) is 0 Å². The highest BCUT2D eigenvalue weighted by Gasteiger charge is 2.00. The average molecular weight is 367 g/mol. The van der Waals surface area contributed by atoms with Crippen LogP contribution in [0.3, 0.4) is 0 Å². The van der Waals surface area contributed by atoms with Crippen LogP contribution in [0.2, 0.25) is 0 Å². The fourth-order valence-corrected chi connectivity index (χ4v) is 3.28. The Morgan fingerprint density at radius 3 is 1.50 bits per heavy atom. The Morgan fingerprint density at radius 1 is 0.615 bits per heavy atom. The molecule has 0 heterocycles. The maximum absolute atomic E-state index is 11.2. The van der Waals surface area contributed by atoms with Gasteiger partial charge in [0.05, 0.1) is 6.61 Å². The first kappa shape index (κ1) is 25.2. The Balaban J connectivity index is 3.12. The molecule has 0 atom stereocenters. The van der Waals surface area contributed by atoms with Crippen LogP contribution >= 0.6 is 0 Å². The molecule has 0 spiro atoms. The minimum absolute atomic E-state index is 0.0394. The zero-order chi connectivity index (χ0) is 19.1. The number of carbonyl (C=O) groups excluding carboxylic acids is 1. The standard InChI is InChI=1S/C24H46O2/c1-3-5-6-7-8-9-10-11-12-13-14-15-16-17-18-19-20-21-22-23-24(25)26-4-2/h15-16H,3-14,17-23H2,1-2H3. The van der Waals surface area contributed by atoms with E-state index in [9.17, 15) is 4.79 Å². The number of esters is 1. The number of allylic oxidation sites excluding steroid dienone is 2. The number of unbranched alkanes of at least 4 members (excludes halogenated alkanes) is 15. The number of rotatable bonds is 20. The second kappa shape index (κ2) is 22.3. The van der Waals surface area contributed by atoms with E-state index in [0.29, 0.717) is 13.0 Å². The predicted octanol–water partition coefficient (Wildman–Crippen LogP) is 8.15. The first-order valence-electron chi connectivity index (χ1n) is 11.6. The molecule has 0 aliphatic rings. The summed E-state index contributed by atoms with van der Waals surface area (Å²) in [5, 5.41) is 0. The van der Waals surface area contributed by atoms with E-state index in [1.54, 1.807) is 0 Å². The van der Waals surface area contributed by atoms with Crippen LogP contribution in [0.5, 0.6) is 0 Å². The highest BCUT2D eigenvalue weighted by molar-refractivity contribution is 5.69. The van der Waals surface area contributed by atoms with Crippen molar-refractivity contribution in [3.05, 3.63) is 12.2 Å². The molecular weight excluding hydrogens is 320 g/mol. The van der Waals surface area contributed by atoms with Crippen molar-refractivity contribution in [3.8, 4) is 0 Å². The van der Waals surface area contributed by atoms with Gasteiger partial charge in [0, 0.05) is 6.42 Å². The monoisotopic (exact) mass is 366 g/mol. The van der Waals surface area contributed by atoms with Gasteiger partial charge in [-0.05, 0) is 39.0 Å². The smallest absolute Gasteiger partial charge is 0.305 e. The third-order valence-corrected chi connectivity index (χ3v) is 4.95. The van der Waals surface area contributed by atoms with Gasteiger partial charge in [0.1, 0.15) is 0 Å². The second-order valence-corrected chi connectivity index (χ2v) is 7.55. The quantitative estimate of drug-likeness (QED) is 0.123. The molecule has 0 fully saturated rings. The number of ether oxygens (including phenoxy) is 1. The van der Waals surface area contributed by atoms with Crippen LogP contribution < -0.4 is 0 Å². The lowest BCUT2D eigenvalue weighted by Gasteiger charge is -2.02. The zero-order valence-electron chi connectivity index (χ0n) is 17.9. The van der Waals surface area contributed by atoms with Gasteiger partial charge >= 0.3 is 5.97 Å². The molecule has 0 aromatic heterocycles. The number of carbonyl (C=O) groups is 1. The topological polar surface area (TPSA) is 26.3 Å². The van der Waals surface area contributed by atoms with Crippen molar-refractivity contribution < 1.29 is 9.53 Å². The van der Waals surface area contributed by atoms with E-state index >= 15 is 0 Å². The molecule has 0 aliphatic carbocycles. The second-order valence-electron chi connectivity index (χ2n) is 7.55. The van der Waals surface area contributed by atoms with Gasteiger partial charge in [-0.2, -0.15) is 0 Å². The first-order valence-corrected chi connectivity index (χ1v) is 11.6. The molecule has 0 aromatic carbocycles. The summed E-state index contributed by atoms with van der Waals surface area (Å²) in [6.45, 7) is 4.65. The molecule has 0 saturated carbocycles. The predicted molar refractivity (Wildman–Crippen MR) is 115 cm³/mol. The normalized spacial score (nSPS) is 11.3. The van der Waals surface area contributed by atoms with Crippen molar-refractivity contribution in [2.24, 2.45) is 0 Å². The van der Waals surface area contributed by atoms with Crippen LogP contribution in [0.1, 0.15) is 129 Å². The third-order valence-electron chi connectivity index (χ3n) is 4.95. The van der Waals surface area contributed by atoms with E-state index in [1.165, 1.54) is 96.3 Å². The maximum atomic E-state index is 11.2. The van der Waals surface area contributed by atoms with Crippen LogP contribution in [0.15, 0.2) is 12.2 Å². The molecule has 0 radical (unpaired) electrons. The van der Waals surface area contributed by atoms with Gasteiger partial charge in [0.2, 0.25) is 0 Å². The largest absolute Gasteiger partial charge is 0.466 e. The van der Waals surface area contributed by atoms with Crippen LogP contribution in [-0.4, -0.2) is 12.6 Å². The molecule has 0 rings (SSSR count). The highest BCUT2D eigenvalue weighted by atomic mass is 16.5. The lowest BCUT2D eigenvalue weighted by Crippen LogP contribution is -2.03. The summed E-state index contributed by atoms with van der Waals surface area (Å²) in [6.07, 6.45) is 27.9. The Kier molecular flexibility index (Phi) is 21.6. The summed E-state index contributed by atoms with van der Waals surface area (Å²) in [6, 6.07) is 0. The minimum Gasteiger partial charge on any atom is -0.466 e. The van der Waals surface area contributed by atoms with Gasteiger partial charge in [-0.3, -0.25) is 4.79 Å². The molecule has 0 unspecified atom stereocenters. The average Bonchev–Trinajstić information content (AvgIpc) is 2.64. The molecule has 0 saturated heterocycles. The highest BCUT2D eigenvalue weighted by Crippen LogP contribution is 2.12. The Bertz CT molecular complexity index is 309. The zero-order valence-corrected chi connectivity index (χ0v) is 17.9. The molecule has 0 aliphatic heterocycles. The Labute approximate surface area is 164 Å². The molecule has 26 heavy (non-hydrogen) atoms. The van der Waals surface area contributed by atoms with Gasteiger partial charge < -0.3 is 4.74 Å². The van der Waals surface area contributed by atoms with Crippen molar-refractivity contribution in [1.82, 2.24) is 0 Å². The van der Waals surface area contributed by atoms with Crippen LogP contribution in [0, 0.1) is 0 Å². The molecule has 0 amide bonds. The van der Waals surface area contributed by atoms with E-state index < -0.39 is 0 Å². The first-order chi connectivity index (χ1) is 12.8. The van der Waals surface area contributed by atoms with E-state index in [1.807, 2.05) is 6.92 Å². The molecule has 154 valence electrons. The lowest BCUT2D eigenvalue weighted by molar-refractivity contribution is -0.143. The molecule has 2 nitrogen and oxygen atoms in total. The Hall–Kier alpha value is -0.790. The van der Waals surface area contributed by atoms with Gasteiger partial charge in [0.15, 0.2) is 0 Å². The van der Waals surface area contributed by atoms with E-state index in [0.717, 1.165) is 12.8 Å². The van der Waals surface area contributed by atoms with Gasteiger partial charge in [-0.1, -0.05) is 96.1 Å². The fraction of sp³-hybridized carbons (Fsp3) is 0.875. The fourth-order valence-electron chi connectivity index (χ4n) is 3.28. The summed E-state index contributed by atoms with van der Waals surface area (Å²) < 4.78 is 4.93. The number of hydrogen-bond acceptors (Lipinski definition) is 2. The van der Waals surface area contributed by atoms with Crippen molar-refractivity contribution >= 4 is 5.97 Å². The van der Waals surface area contributed by atoms with Crippen LogP contribution in [-0.2, 0) is 9.53 Å². The summed E-state index contributed by atoms with van der Waals surface area (Å²) in [5.74, 6) is -0.0394. The number of hydrogen-bond donors (Lipinski definition) is 0. The summed E-state index contributed by atoms with van der Waals surface area (Å²) in [5.41, 5.74) is 0. The van der Waals surface area contributed by atoms with Crippen LogP contribution in [0.25, 0.3) is 0 Å². The van der Waals surface area contributed by atoms with Gasteiger partial charge in [-0.15, -0.1) is 0 Å². The molecular formula is C24H46O2. The maximum Gasteiger partial charge on any atom is 0.305 e. The molecule has 0 aromatic rings. The van der Waals surface area contributed by atoms with Crippen molar-refractivity contribution in [2.75, 3.05) is 6.61 Å². The van der Waals surface area contributed by atoms with Crippen LogP contribution in [0.4, 0.5) is 0 Å². The molecule has 0 N–H and O–H groups in total. The van der Waals surface area contributed by atoms with E-state index in [-0.39, 0.29) is 5.97 Å². The molecule has 0 bridgehead atoms. The van der Waals surface area contributed by atoms with Gasteiger partial charge in [0.25, 0.3) is 0 Å². The summed E-state index contributed by atoms with van der Waals surface area (Å²) in [7, 11) is 0. The van der Waals surface area contributed by atoms with Crippen molar-refractivity contribution in [2.45, 2.75) is 129 Å². The Morgan fingerprint density at radius 2 is 1.04 bits per heavy atom. The minimum atomic E-state index is -0.0394.